The topological polar surface area (TPSA) is 91.0 Å². The normalized spacial score (nSPS) is 29.5. The van der Waals surface area contributed by atoms with E-state index in [1.54, 1.807) is 0 Å². The fourth-order valence-electron chi connectivity index (χ4n) is 4.56. The molecule has 2 aliphatic carbocycles. The number of aromatic nitrogens is 3. The second-order valence-corrected chi connectivity index (χ2v) is 7.93. The lowest BCUT2D eigenvalue weighted by molar-refractivity contribution is -0.128. The molecule has 2 heterocycles. The van der Waals surface area contributed by atoms with Gasteiger partial charge in [0.05, 0.1) is 17.4 Å². The third-order valence-corrected chi connectivity index (χ3v) is 6.13. The average molecular weight is 365 g/mol. The monoisotopic (exact) mass is 365 g/mol. The predicted molar refractivity (Wildman–Crippen MR) is 97.7 cm³/mol. The Balaban J connectivity index is 1.17. The molecule has 2 aromatic rings. The summed E-state index contributed by atoms with van der Waals surface area (Å²) >= 11 is 0. The van der Waals surface area contributed by atoms with Crippen LogP contribution in [-0.2, 0) is 22.4 Å². The molecule has 7 heteroatoms. The number of hydrogen-bond acceptors (Lipinski definition) is 4. The van der Waals surface area contributed by atoms with Crippen LogP contribution in [0.4, 0.5) is 0 Å². The number of carbonyl (C=O) groups is 2. The van der Waals surface area contributed by atoms with Crippen LogP contribution in [0.5, 0.6) is 0 Å². The summed E-state index contributed by atoms with van der Waals surface area (Å²) in [5, 5.41) is 14.0. The van der Waals surface area contributed by atoms with Gasteiger partial charge in [0.25, 0.3) is 0 Å². The van der Waals surface area contributed by atoms with Gasteiger partial charge in [0, 0.05) is 37.3 Å². The fourth-order valence-corrected chi connectivity index (χ4v) is 4.56. The van der Waals surface area contributed by atoms with Crippen molar-refractivity contribution in [2.45, 2.75) is 50.1 Å². The molecular weight excluding hydrogens is 342 g/mol. The van der Waals surface area contributed by atoms with Gasteiger partial charge < -0.3 is 10.2 Å². The van der Waals surface area contributed by atoms with E-state index >= 15 is 0 Å². The Morgan fingerprint density at radius 3 is 2.81 bits per heavy atom. The summed E-state index contributed by atoms with van der Waals surface area (Å²) in [5.41, 5.74) is 3.17. The summed E-state index contributed by atoms with van der Waals surface area (Å²) in [6.07, 6.45) is 3.62. The number of hydrogen-bond donors (Lipinski definition) is 2. The van der Waals surface area contributed by atoms with E-state index in [9.17, 15) is 9.59 Å². The summed E-state index contributed by atoms with van der Waals surface area (Å²) in [4.78, 5) is 27.1. The van der Waals surface area contributed by atoms with Crippen LogP contribution in [0.25, 0.3) is 0 Å². The number of aryl methyl sites for hydroxylation is 1. The van der Waals surface area contributed by atoms with E-state index in [0.29, 0.717) is 25.3 Å². The maximum atomic E-state index is 12.7. The van der Waals surface area contributed by atoms with Crippen molar-refractivity contribution in [3.8, 4) is 0 Å². The second-order valence-electron chi connectivity index (χ2n) is 7.93. The van der Waals surface area contributed by atoms with E-state index in [4.69, 9.17) is 0 Å². The van der Waals surface area contributed by atoms with E-state index in [2.05, 4.69) is 32.9 Å². The zero-order valence-corrected chi connectivity index (χ0v) is 15.1. The Bertz CT molecular complexity index is 864. The Labute approximate surface area is 157 Å². The zero-order valence-electron chi connectivity index (χ0n) is 15.1. The van der Waals surface area contributed by atoms with Crippen molar-refractivity contribution in [2.75, 3.05) is 6.54 Å². The van der Waals surface area contributed by atoms with E-state index in [-0.39, 0.29) is 29.8 Å². The highest BCUT2D eigenvalue weighted by Gasteiger charge is 2.48. The lowest BCUT2D eigenvalue weighted by atomic mass is 9.89. The number of likely N-dealkylation sites (tertiary alicyclic amines) is 1. The predicted octanol–water partition coefficient (Wildman–Crippen LogP) is 1.18. The number of rotatable bonds is 4. The van der Waals surface area contributed by atoms with E-state index in [1.807, 2.05) is 23.1 Å². The van der Waals surface area contributed by atoms with Crippen LogP contribution in [0.2, 0.25) is 0 Å². The quantitative estimate of drug-likeness (QED) is 0.851. The first-order valence-corrected chi connectivity index (χ1v) is 9.72. The van der Waals surface area contributed by atoms with Gasteiger partial charge in [-0.3, -0.25) is 9.59 Å². The van der Waals surface area contributed by atoms with Gasteiger partial charge in [-0.1, -0.05) is 30.3 Å². The van der Waals surface area contributed by atoms with Gasteiger partial charge >= 0.3 is 0 Å². The summed E-state index contributed by atoms with van der Waals surface area (Å²) in [6, 6.07) is 10.6. The van der Waals surface area contributed by atoms with Crippen LogP contribution in [0.1, 0.15) is 42.1 Å². The molecule has 0 bridgehead atoms. The molecule has 1 aromatic heterocycles. The summed E-state index contributed by atoms with van der Waals surface area (Å²) in [6.45, 7) is 0.625. The Kier molecular flexibility index (Phi) is 3.95. The van der Waals surface area contributed by atoms with Gasteiger partial charge in [0.2, 0.25) is 11.8 Å². The summed E-state index contributed by atoms with van der Waals surface area (Å²) in [5.74, 6) is 0.558. The van der Waals surface area contributed by atoms with Gasteiger partial charge in [-0.2, -0.15) is 15.4 Å². The van der Waals surface area contributed by atoms with Crippen molar-refractivity contribution in [3.63, 3.8) is 0 Å². The van der Waals surface area contributed by atoms with Crippen molar-refractivity contribution < 1.29 is 9.59 Å². The third-order valence-electron chi connectivity index (χ3n) is 6.13. The number of amides is 2. The zero-order chi connectivity index (χ0) is 18.4. The SMILES string of the molecule is O=C(NC1CC(=O)N(C2CC2c2ccccc2)C1)C1CCc2n[nH]nc2C1. The highest BCUT2D eigenvalue weighted by atomic mass is 16.2. The summed E-state index contributed by atoms with van der Waals surface area (Å²) in [7, 11) is 0. The van der Waals surface area contributed by atoms with Crippen LogP contribution < -0.4 is 5.32 Å². The first-order valence-electron chi connectivity index (χ1n) is 9.72. The molecule has 3 aliphatic rings. The maximum Gasteiger partial charge on any atom is 0.225 e. The largest absolute Gasteiger partial charge is 0.351 e. The van der Waals surface area contributed by atoms with Crippen LogP contribution in [0, 0.1) is 5.92 Å². The number of fused-ring (bicyclic) bond motifs is 1. The number of nitrogens with one attached hydrogen (secondary N) is 2. The number of nitrogens with zero attached hydrogens (tertiary/aromatic N) is 3. The second kappa shape index (κ2) is 6.48. The molecule has 27 heavy (non-hydrogen) atoms. The molecule has 4 unspecified atom stereocenters. The molecule has 2 amide bonds. The highest BCUT2D eigenvalue weighted by molar-refractivity contribution is 5.84. The standard InChI is InChI=1S/C20H23N5O2/c26-19-9-14(11-25(19)18-10-15(18)12-4-2-1-3-5-12)21-20(27)13-6-7-16-17(8-13)23-24-22-16/h1-5,13-15,18H,6-11H2,(H,21,27)(H,22,23,24). The molecular formula is C20H23N5O2. The van der Waals surface area contributed by atoms with E-state index in [1.165, 1.54) is 5.56 Å². The summed E-state index contributed by atoms with van der Waals surface area (Å²) < 4.78 is 0. The van der Waals surface area contributed by atoms with E-state index in [0.717, 1.165) is 30.7 Å². The molecule has 1 saturated heterocycles. The Morgan fingerprint density at radius 1 is 1.15 bits per heavy atom. The Hall–Kier alpha value is -2.70. The number of aromatic amines is 1. The van der Waals surface area contributed by atoms with Gasteiger partial charge in [-0.25, -0.2) is 0 Å². The highest BCUT2D eigenvalue weighted by Crippen LogP contribution is 2.45. The number of carbonyl (C=O) groups excluding carboxylic acids is 2. The molecule has 4 atom stereocenters. The van der Waals surface area contributed by atoms with Crippen molar-refractivity contribution in [1.29, 1.82) is 0 Å². The molecule has 0 radical (unpaired) electrons. The van der Waals surface area contributed by atoms with Crippen molar-refractivity contribution in [1.82, 2.24) is 25.6 Å². The lowest BCUT2D eigenvalue weighted by Crippen LogP contribution is -2.42. The minimum absolute atomic E-state index is 0.0405. The van der Waals surface area contributed by atoms with Crippen molar-refractivity contribution in [2.24, 2.45) is 5.92 Å². The van der Waals surface area contributed by atoms with Gasteiger partial charge in [-0.15, -0.1) is 0 Å². The van der Waals surface area contributed by atoms with Crippen LogP contribution in [0.3, 0.4) is 0 Å². The Morgan fingerprint density at radius 2 is 1.96 bits per heavy atom. The molecule has 2 N–H and O–H groups in total. The minimum atomic E-state index is -0.0827. The molecule has 7 nitrogen and oxygen atoms in total. The number of H-pyrrole nitrogens is 1. The van der Waals surface area contributed by atoms with Gasteiger partial charge in [0.1, 0.15) is 0 Å². The van der Waals surface area contributed by atoms with Crippen molar-refractivity contribution in [3.05, 3.63) is 47.3 Å². The molecule has 0 spiro atoms. The minimum Gasteiger partial charge on any atom is -0.351 e. The van der Waals surface area contributed by atoms with Crippen molar-refractivity contribution >= 4 is 11.8 Å². The first-order chi connectivity index (χ1) is 13.2. The van der Waals surface area contributed by atoms with Gasteiger partial charge in [0.15, 0.2) is 0 Å². The van der Waals surface area contributed by atoms with Crippen LogP contribution in [-0.4, -0.2) is 50.8 Å². The molecule has 140 valence electrons. The van der Waals surface area contributed by atoms with Crippen LogP contribution in [0.15, 0.2) is 30.3 Å². The third kappa shape index (κ3) is 3.11. The molecule has 1 aliphatic heterocycles. The first kappa shape index (κ1) is 16.5. The van der Waals surface area contributed by atoms with Crippen LogP contribution >= 0.6 is 0 Å². The van der Waals surface area contributed by atoms with E-state index < -0.39 is 0 Å². The number of benzene rings is 1. The maximum absolute atomic E-state index is 12.7. The fraction of sp³-hybridized carbons (Fsp3) is 0.500. The molecule has 1 aromatic carbocycles. The lowest BCUT2D eigenvalue weighted by Gasteiger charge is -2.22. The molecule has 1 saturated carbocycles. The average Bonchev–Trinajstić information content (AvgIpc) is 3.18. The van der Waals surface area contributed by atoms with Gasteiger partial charge in [-0.05, 0) is 24.8 Å². The smallest absolute Gasteiger partial charge is 0.225 e. The molecule has 2 fully saturated rings. The molecule has 5 rings (SSSR count).